The first-order chi connectivity index (χ1) is 15.8. The number of hydrogen-bond donors (Lipinski definition) is 0. The van der Waals surface area contributed by atoms with Crippen LogP contribution in [0.15, 0.2) is 97.1 Å². The molecule has 32 heavy (non-hydrogen) atoms. The molecule has 6 aromatic rings. The number of hydrogen-bond acceptors (Lipinski definition) is 2. The summed E-state index contributed by atoms with van der Waals surface area (Å²) in [4.78, 5) is 11.7. The summed E-state index contributed by atoms with van der Waals surface area (Å²) in [5.41, 5.74) is 6.50. The van der Waals surface area contributed by atoms with E-state index in [9.17, 15) is 0 Å². The first-order valence-corrected chi connectivity index (χ1v) is 10.6. The van der Waals surface area contributed by atoms with E-state index >= 15 is 0 Å². The van der Waals surface area contributed by atoms with Crippen LogP contribution in [0.4, 0.5) is 0 Å². The van der Waals surface area contributed by atoms with Crippen molar-refractivity contribution >= 4 is 43.6 Å². The van der Waals surface area contributed by atoms with Gasteiger partial charge in [-0.15, -0.1) is 0 Å². The topological polar surface area (TPSA) is 26.2 Å². The van der Waals surface area contributed by atoms with Gasteiger partial charge in [-0.1, -0.05) is 48.5 Å². The highest BCUT2D eigenvalue weighted by atomic mass is 16.6. The van der Waals surface area contributed by atoms with E-state index < -0.39 is 0 Å². The van der Waals surface area contributed by atoms with Crippen molar-refractivity contribution in [1.29, 1.82) is 0 Å². The fourth-order valence-electron chi connectivity index (χ4n) is 4.93. The van der Waals surface area contributed by atoms with E-state index in [4.69, 9.17) is 9.68 Å². The zero-order valence-corrected chi connectivity index (χ0v) is 17.9. The molecule has 0 N–H and O–H groups in total. The highest BCUT2D eigenvalue weighted by Crippen LogP contribution is 2.40. The van der Waals surface area contributed by atoms with Crippen LogP contribution < -0.4 is 19.1 Å². The standard InChI is InChI=1S/C28H22N2O2/c1-31-29-23-15-7-3-11-19(23)27(20-12-4-8-16-24(20)29)28-21-13-5-9-17-25(21)30(32-2)26-18-10-6-14-22(26)28/h3-18H,1-2H3/q+2. The second-order valence-corrected chi connectivity index (χ2v) is 7.77. The van der Waals surface area contributed by atoms with Gasteiger partial charge in [-0.2, -0.15) is 0 Å². The van der Waals surface area contributed by atoms with Gasteiger partial charge >= 0.3 is 0 Å². The summed E-state index contributed by atoms with van der Waals surface area (Å²) in [5.74, 6) is 0. The van der Waals surface area contributed by atoms with Crippen molar-refractivity contribution in [3.05, 3.63) is 97.1 Å². The molecule has 6 rings (SSSR count). The number of aromatic nitrogens is 2. The number of pyridine rings is 2. The minimum atomic E-state index is 1.03. The zero-order valence-electron chi connectivity index (χ0n) is 17.9. The highest BCUT2D eigenvalue weighted by molar-refractivity contribution is 6.18. The van der Waals surface area contributed by atoms with Gasteiger partial charge in [0.2, 0.25) is 0 Å². The van der Waals surface area contributed by atoms with Crippen LogP contribution in [-0.2, 0) is 0 Å². The molecular weight excluding hydrogens is 396 g/mol. The van der Waals surface area contributed by atoms with E-state index in [0.717, 1.165) is 43.6 Å². The molecule has 0 amide bonds. The second-order valence-electron chi connectivity index (χ2n) is 7.77. The molecule has 154 valence electrons. The maximum absolute atomic E-state index is 5.84. The van der Waals surface area contributed by atoms with Crippen LogP contribution in [0.3, 0.4) is 0 Å². The molecule has 0 aliphatic heterocycles. The van der Waals surface area contributed by atoms with Crippen LogP contribution in [0, 0.1) is 0 Å². The van der Waals surface area contributed by atoms with Crippen molar-refractivity contribution in [2.45, 2.75) is 0 Å². The fourth-order valence-corrected chi connectivity index (χ4v) is 4.93. The molecule has 0 bridgehead atoms. The quantitative estimate of drug-likeness (QED) is 0.309. The average molecular weight is 418 g/mol. The van der Waals surface area contributed by atoms with Gasteiger partial charge in [0.15, 0.2) is 0 Å². The molecule has 4 nitrogen and oxygen atoms in total. The molecule has 4 aromatic carbocycles. The van der Waals surface area contributed by atoms with Crippen molar-refractivity contribution in [3.8, 4) is 11.1 Å². The van der Waals surface area contributed by atoms with Gasteiger partial charge in [-0.3, -0.25) is 9.68 Å². The molecule has 0 fully saturated rings. The van der Waals surface area contributed by atoms with E-state index in [1.807, 2.05) is 9.46 Å². The third kappa shape index (κ3) is 2.50. The largest absolute Gasteiger partial charge is 0.273 e. The summed E-state index contributed by atoms with van der Waals surface area (Å²) in [7, 11) is 3.43. The molecule has 0 aliphatic rings. The average Bonchev–Trinajstić information content (AvgIpc) is 2.86. The summed E-state index contributed by atoms with van der Waals surface area (Å²) < 4.78 is 3.83. The molecule has 0 saturated heterocycles. The fraction of sp³-hybridized carbons (Fsp3) is 0.0714. The maximum Gasteiger partial charge on any atom is 0.266 e. The molecule has 2 heterocycles. The van der Waals surface area contributed by atoms with Crippen LogP contribution in [0.5, 0.6) is 0 Å². The number of rotatable bonds is 3. The third-order valence-corrected chi connectivity index (χ3v) is 6.18. The molecule has 0 saturated carbocycles. The van der Waals surface area contributed by atoms with E-state index in [2.05, 4.69) is 97.1 Å². The summed E-state index contributed by atoms with van der Waals surface area (Å²) in [6.07, 6.45) is 0. The Hall–Kier alpha value is -4.18. The number of benzene rings is 4. The highest BCUT2D eigenvalue weighted by Gasteiger charge is 2.28. The summed E-state index contributed by atoms with van der Waals surface area (Å²) in [6, 6.07) is 33.7. The van der Waals surface area contributed by atoms with Crippen LogP contribution >= 0.6 is 0 Å². The molecule has 0 atom stereocenters. The lowest BCUT2D eigenvalue weighted by atomic mass is 9.90. The Labute approximate surface area is 185 Å². The maximum atomic E-state index is 5.84. The third-order valence-electron chi connectivity index (χ3n) is 6.18. The minimum absolute atomic E-state index is 1.03. The Morgan fingerprint density at radius 3 is 0.906 bits per heavy atom. The van der Waals surface area contributed by atoms with E-state index in [1.54, 1.807) is 14.2 Å². The smallest absolute Gasteiger partial charge is 0.266 e. The van der Waals surface area contributed by atoms with Gasteiger partial charge in [0, 0.05) is 44.9 Å². The summed E-state index contributed by atoms with van der Waals surface area (Å²) in [6.45, 7) is 0. The number of nitrogens with zero attached hydrogens (tertiary/aromatic N) is 2. The zero-order chi connectivity index (χ0) is 21.7. The Bertz CT molecular complexity index is 1420. The van der Waals surface area contributed by atoms with Gasteiger partial charge in [0.25, 0.3) is 22.1 Å². The van der Waals surface area contributed by atoms with E-state index in [-0.39, 0.29) is 0 Å². The normalized spacial score (nSPS) is 11.4. The van der Waals surface area contributed by atoms with Crippen LogP contribution in [0.2, 0.25) is 0 Å². The van der Waals surface area contributed by atoms with Crippen LogP contribution in [0.1, 0.15) is 0 Å². The molecule has 4 heteroatoms. The van der Waals surface area contributed by atoms with Gasteiger partial charge in [0.1, 0.15) is 14.2 Å². The van der Waals surface area contributed by atoms with Crippen molar-refractivity contribution < 1.29 is 19.1 Å². The predicted octanol–water partition coefficient (Wildman–Crippen LogP) is 4.66. The molecule has 0 spiro atoms. The van der Waals surface area contributed by atoms with Gasteiger partial charge in [0.05, 0.1) is 21.5 Å². The summed E-state index contributed by atoms with van der Waals surface area (Å²) >= 11 is 0. The van der Waals surface area contributed by atoms with Crippen LogP contribution in [0.25, 0.3) is 54.7 Å². The van der Waals surface area contributed by atoms with Crippen LogP contribution in [-0.4, -0.2) is 14.2 Å². The molecule has 0 aliphatic carbocycles. The SMILES string of the molecule is CO[n+]1c2ccccc2c(-c2c3ccccc3[n+](OC)c3ccccc23)c2ccccc21. The van der Waals surface area contributed by atoms with Crippen molar-refractivity contribution in [1.82, 2.24) is 0 Å². The molecule has 0 unspecified atom stereocenters. The number of para-hydroxylation sites is 4. The first-order valence-electron chi connectivity index (χ1n) is 10.6. The van der Waals surface area contributed by atoms with Gasteiger partial charge in [-0.05, 0) is 24.3 Å². The second kappa shape index (κ2) is 7.20. The Morgan fingerprint density at radius 1 is 0.406 bits per heavy atom. The predicted molar refractivity (Wildman–Crippen MR) is 127 cm³/mol. The van der Waals surface area contributed by atoms with E-state index in [0.29, 0.717) is 0 Å². The first kappa shape index (κ1) is 18.6. The van der Waals surface area contributed by atoms with Gasteiger partial charge in [-0.25, -0.2) is 0 Å². The lowest BCUT2D eigenvalue weighted by Gasteiger charge is -2.14. The minimum Gasteiger partial charge on any atom is -0.273 e. The lowest BCUT2D eigenvalue weighted by Crippen LogP contribution is -2.42. The molecular formula is C28H22N2O2+2. The van der Waals surface area contributed by atoms with Crippen molar-refractivity contribution in [2.24, 2.45) is 0 Å². The monoisotopic (exact) mass is 418 g/mol. The van der Waals surface area contributed by atoms with E-state index in [1.165, 1.54) is 11.1 Å². The molecule has 0 radical (unpaired) electrons. The lowest BCUT2D eigenvalue weighted by molar-refractivity contribution is -0.844. The Kier molecular flexibility index (Phi) is 4.18. The van der Waals surface area contributed by atoms with Crippen molar-refractivity contribution in [2.75, 3.05) is 14.2 Å². The number of fused-ring (bicyclic) bond motifs is 4. The Morgan fingerprint density at radius 2 is 0.656 bits per heavy atom. The molecule has 2 aromatic heterocycles. The van der Waals surface area contributed by atoms with Crippen molar-refractivity contribution in [3.63, 3.8) is 0 Å². The Balaban J connectivity index is 1.95. The van der Waals surface area contributed by atoms with Gasteiger partial charge < -0.3 is 0 Å². The summed E-state index contributed by atoms with van der Waals surface area (Å²) in [5, 5.41) is 4.55.